The number of ether oxygens (including phenoxy) is 1. The van der Waals surface area contributed by atoms with Crippen molar-refractivity contribution in [2.45, 2.75) is 24.9 Å². The molecule has 0 fully saturated rings. The van der Waals surface area contributed by atoms with Crippen molar-refractivity contribution in [3.63, 3.8) is 0 Å². The van der Waals surface area contributed by atoms with Gasteiger partial charge in [-0.05, 0) is 41.5 Å². The Morgan fingerprint density at radius 3 is 2.47 bits per heavy atom. The smallest absolute Gasteiger partial charge is 0.458 e. The molecule has 0 saturated carbocycles. The van der Waals surface area contributed by atoms with Gasteiger partial charge in [0.05, 0.1) is 24.8 Å². The third kappa shape index (κ3) is 4.43. The van der Waals surface area contributed by atoms with Crippen molar-refractivity contribution < 1.29 is 37.4 Å². The van der Waals surface area contributed by atoms with Gasteiger partial charge in [0, 0.05) is 12.1 Å². The normalized spacial score (nSPS) is 18.4. The van der Waals surface area contributed by atoms with Crippen LogP contribution < -0.4 is 5.32 Å². The summed E-state index contributed by atoms with van der Waals surface area (Å²) in [5.41, 5.74) is 1.52. The van der Waals surface area contributed by atoms with Gasteiger partial charge in [-0.3, -0.25) is 4.79 Å². The predicted octanol–water partition coefficient (Wildman–Crippen LogP) is 2.78. The average molecular weight is 422 g/mol. The number of esters is 1. The number of alkyl halides is 3. The number of nitrogens with zero attached hydrogens (tertiary/aromatic N) is 1. The number of carbonyl (C=O) groups excluding carboxylic acids is 2. The van der Waals surface area contributed by atoms with E-state index in [9.17, 15) is 27.9 Å². The van der Waals surface area contributed by atoms with E-state index in [0.717, 1.165) is 0 Å². The molecule has 0 bridgehead atoms. The zero-order chi connectivity index (χ0) is 21.9. The molecule has 7 nitrogen and oxygen atoms in total. The lowest BCUT2D eigenvalue weighted by molar-refractivity contribution is -0.355. The summed E-state index contributed by atoms with van der Waals surface area (Å²) < 4.78 is 43.1. The summed E-state index contributed by atoms with van der Waals surface area (Å²) in [7, 11) is 1.25. The summed E-state index contributed by atoms with van der Waals surface area (Å²) >= 11 is 0. The number of amides is 1. The number of rotatable bonds is 5. The van der Waals surface area contributed by atoms with Crippen LogP contribution in [0.15, 0.2) is 53.7 Å². The number of nitrogens with one attached hydrogen (secondary N) is 1. The summed E-state index contributed by atoms with van der Waals surface area (Å²) in [6, 6.07) is 12.2. The third-order valence-electron chi connectivity index (χ3n) is 4.44. The molecule has 2 N–H and O–H groups in total. The van der Waals surface area contributed by atoms with Gasteiger partial charge in [-0.15, -0.1) is 0 Å². The van der Waals surface area contributed by atoms with Gasteiger partial charge in [-0.25, -0.2) is 4.79 Å². The van der Waals surface area contributed by atoms with Gasteiger partial charge in [0.25, 0.3) is 5.91 Å². The molecule has 1 aliphatic rings. The van der Waals surface area contributed by atoms with Gasteiger partial charge >= 0.3 is 17.9 Å². The van der Waals surface area contributed by atoms with Gasteiger partial charge < -0.3 is 20.0 Å². The lowest BCUT2D eigenvalue weighted by Crippen LogP contribution is -2.45. The fraction of sp³-hybridized carbons (Fsp3) is 0.250. The Hall–Kier alpha value is -3.40. The number of aliphatic hydroxyl groups is 1. The summed E-state index contributed by atoms with van der Waals surface area (Å²) in [4.78, 5) is 27.9. The largest absolute Gasteiger partial charge is 0.465 e. The topological polar surface area (TPSA) is 97.2 Å². The molecule has 0 spiro atoms. The number of halogens is 3. The Morgan fingerprint density at radius 1 is 1.20 bits per heavy atom. The van der Waals surface area contributed by atoms with E-state index in [1.165, 1.54) is 37.4 Å². The molecule has 0 saturated heterocycles. The fourth-order valence-corrected chi connectivity index (χ4v) is 2.75. The Kier molecular flexibility index (Phi) is 5.79. The van der Waals surface area contributed by atoms with Crippen LogP contribution in [0, 0.1) is 0 Å². The molecule has 1 atom stereocenters. The highest BCUT2D eigenvalue weighted by molar-refractivity contribution is 6.01. The van der Waals surface area contributed by atoms with Gasteiger partial charge in [0.1, 0.15) is 0 Å². The van der Waals surface area contributed by atoms with E-state index in [0.29, 0.717) is 22.3 Å². The first kappa shape index (κ1) is 21.3. The molecule has 0 radical (unpaired) electrons. The standard InChI is InChI=1S/C20H17F3N2O5/c1-29-18(27)14-7-5-13(6-8-14)17(26)24-11-12-3-2-4-15(9-12)16-10-19(28,30-25-16)20(21,22)23/h2-9,28H,10-11H2,1H3,(H,24,26). The molecule has 1 aliphatic heterocycles. The van der Waals surface area contributed by atoms with Gasteiger partial charge in [0.15, 0.2) is 0 Å². The highest BCUT2D eigenvalue weighted by atomic mass is 19.4. The first-order valence-corrected chi connectivity index (χ1v) is 8.73. The zero-order valence-corrected chi connectivity index (χ0v) is 15.7. The Labute approximate surface area is 169 Å². The Bertz CT molecular complexity index is 989. The average Bonchev–Trinajstić information content (AvgIpc) is 3.15. The minimum atomic E-state index is -4.98. The molecule has 3 rings (SSSR count). The van der Waals surface area contributed by atoms with Crippen LogP contribution >= 0.6 is 0 Å². The van der Waals surface area contributed by atoms with E-state index in [1.54, 1.807) is 18.2 Å². The fourth-order valence-electron chi connectivity index (χ4n) is 2.75. The van der Waals surface area contributed by atoms with Crippen molar-refractivity contribution in [2.24, 2.45) is 5.16 Å². The number of hydrogen-bond donors (Lipinski definition) is 2. The first-order chi connectivity index (χ1) is 14.1. The number of oxime groups is 1. The van der Waals surface area contributed by atoms with Crippen LogP contribution in [0.2, 0.25) is 0 Å². The predicted molar refractivity (Wildman–Crippen MR) is 98.6 cm³/mol. The second-order valence-corrected chi connectivity index (χ2v) is 6.54. The van der Waals surface area contributed by atoms with Crippen molar-refractivity contribution in [3.05, 3.63) is 70.8 Å². The summed E-state index contributed by atoms with van der Waals surface area (Å²) in [6.45, 7) is 0.100. The zero-order valence-electron chi connectivity index (χ0n) is 15.7. The molecule has 2 aromatic rings. The number of carbonyl (C=O) groups is 2. The molecule has 0 aliphatic carbocycles. The van der Waals surface area contributed by atoms with E-state index < -0.39 is 30.3 Å². The second-order valence-electron chi connectivity index (χ2n) is 6.54. The van der Waals surface area contributed by atoms with Crippen molar-refractivity contribution in [1.29, 1.82) is 0 Å². The SMILES string of the molecule is COC(=O)c1ccc(C(=O)NCc2cccc(C3=NOC(O)(C(F)(F)F)C3)c2)cc1. The monoisotopic (exact) mass is 422 g/mol. The van der Waals surface area contributed by atoms with Crippen molar-refractivity contribution >= 4 is 17.6 Å². The van der Waals surface area contributed by atoms with Gasteiger partial charge in [-0.2, -0.15) is 13.2 Å². The number of methoxy groups -OCH3 is 1. The van der Waals surface area contributed by atoms with Crippen LogP contribution in [0.25, 0.3) is 0 Å². The molecule has 2 aromatic carbocycles. The molecule has 1 amide bonds. The lowest BCUT2D eigenvalue weighted by Gasteiger charge is -2.22. The minimum Gasteiger partial charge on any atom is -0.465 e. The van der Waals surface area contributed by atoms with Gasteiger partial charge in [-0.1, -0.05) is 23.4 Å². The van der Waals surface area contributed by atoms with Crippen molar-refractivity contribution in [3.8, 4) is 0 Å². The van der Waals surface area contributed by atoms with Crippen LogP contribution in [0.4, 0.5) is 13.2 Å². The van der Waals surface area contributed by atoms with Gasteiger partial charge in [0.2, 0.25) is 0 Å². The molecule has 1 unspecified atom stereocenters. The molecule has 0 aromatic heterocycles. The minimum absolute atomic E-state index is 0.0543. The maximum atomic E-state index is 12.9. The first-order valence-electron chi connectivity index (χ1n) is 8.73. The molecule has 10 heteroatoms. The van der Waals surface area contributed by atoms with Crippen LogP contribution in [0.1, 0.15) is 38.3 Å². The molecular formula is C20H17F3N2O5. The molecule has 1 heterocycles. The molecule has 158 valence electrons. The maximum Gasteiger partial charge on any atom is 0.458 e. The van der Waals surface area contributed by atoms with Crippen molar-refractivity contribution in [1.82, 2.24) is 5.32 Å². The lowest BCUT2D eigenvalue weighted by atomic mass is 10.0. The van der Waals surface area contributed by atoms with E-state index in [-0.39, 0.29) is 12.3 Å². The third-order valence-corrected chi connectivity index (χ3v) is 4.44. The number of benzene rings is 2. The van der Waals surface area contributed by atoms with Crippen LogP contribution in [0.3, 0.4) is 0 Å². The Balaban J connectivity index is 1.64. The quantitative estimate of drug-likeness (QED) is 0.723. The highest BCUT2D eigenvalue weighted by Crippen LogP contribution is 2.38. The maximum absolute atomic E-state index is 12.9. The summed E-state index contributed by atoms with van der Waals surface area (Å²) in [5, 5.41) is 15.6. The van der Waals surface area contributed by atoms with Crippen LogP contribution in [0.5, 0.6) is 0 Å². The Morgan fingerprint density at radius 2 is 1.87 bits per heavy atom. The highest BCUT2D eigenvalue weighted by Gasteiger charge is 2.60. The van der Waals surface area contributed by atoms with E-state index >= 15 is 0 Å². The second kappa shape index (κ2) is 8.15. The van der Waals surface area contributed by atoms with Crippen LogP contribution in [-0.4, -0.2) is 41.8 Å². The van der Waals surface area contributed by atoms with E-state index in [4.69, 9.17) is 0 Å². The molecular weight excluding hydrogens is 405 g/mol. The summed E-state index contributed by atoms with van der Waals surface area (Å²) in [6.07, 6.45) is -5.81. The van der Waals surface area contributed by atoms with E-state index in [1.807, 2.05) is 0 Å². The van der Waals surface area contributed by atoms with E-state index in [2.05, 4.69) is 20.0 Å². The van der Waals surface area contributed by atoms with Crippen LogP contribution in [-0.2, 0) is 16.1 Å². The van der Waals surface area contributed by atoms with Crippen molar-refractivity contribution in [2.75, 3.05) is 7.11 Å². The molecule has 30 heavy (non-hydrogen) atoms. The summed E-state index contributed by atoms with van der Waals surface area (Å²) in [5.74, 6) is -4.26. The number of hydrogen-bond acceptors (Lipinski definition) is 6.